The van der Waals surface area contributed by atoms with Crippen LogP contribution < -0.4 is 0 Å². The maximum Gasteiger partial charge on any atom is 0.178 e. The average Bonchev–Trinajstić information content (AvgIpc) is 2.87. The smallest absolute Gasteiger partial charge is 0.178 e. The van der Waals surface area contributed by atoms with Crippen LogP contribution in [0, 0.1) is 0 Å². The van der Waals surface area contributed by atoms with Crippen LogP contribution in [-0.4, -0.2) is 29.6 Å². The summed E-state index contributed by atoms with van der Waals surface area (Å²) in [5, 5.41) is 14.3. The van der Waals surface area contributed by atoms with Crippen LogP contribution in [0.1, 0.15) is 24.6 Å². The summed E-state index contributed by atoms with van der Waals surface area (Å²) in [5.41, 5.74) is 0.770. The Hall–Kier alpha value is -1.66. The first-order valence-corrected chi connectivity index (χ1v) is 7.76. The molecule has 0 radical (unpaired) electrons. The van der Waals surface area contributed by atoms with Crippen molar-refractivity contribution in [3.05, 3.63) is 48.3 Å². The summed E-state index contributed by atoms with van der Waals surface area (Å²) in [5.74, 6) is 0. The molecular formula is C13H16N2O3S. The van der Waals surface area contributed by atoms with E-state index >= 15 is 0 Å². The zero-order chi connectivity index (χ0) is 14.0. The maximum absolute atomic E-state index is 11.4. The van der Waals surface area contributed by atoms with Gasteiger partial charge in [-0.05, 0) is 12.5 Å². The molecule has 2 unspecified atom stereocenters. The number of aromatic nitrogens is 2. The second-order valence-corrected chi connectivity index (χ2v) is 6.54. The van der Waals surface area contributed by atoms with E-state index in [2.05, 4.69) is 5.10 Å². The van der Waals surface area contributed by atoms with E-state index in [1.165, 1.54) is 17.1 Å². The van der Waals surface area contributed by atoms with Gasteiger partial charge >= 0.3 is 0 Å². The standard InChI is InChI=1S/C13H16N2O3S/c1-10(13(16)11-6-4-3-5-7-11)15-9-12(8-14-15)19(2,17)18/h3-10,13,16H,1-2H3. The quantitative estimate of drug-likeness (QED) is 0.923. The van der Waals surface area contributed by atoms with Crippen LogP contribution in [-0.2, 0) is 9.84 Å². The van der Waals surface area contributed by atoms with Crippen molar-refractivity contribution in [2.24, 2.45) is 0 Å². The van der Waals surface area contributed by atoms with E-state index in [-0.39, 0.29) is 10.9 Å². The third-order valence-corrected chi connectivity index (χ3v) is 4.09. The van der Waals surface area contributed by atoms with Gasteiger partial charge in [0.1, 0.15) is 11.0 Å². The molecule has 2 rings (SSSR count). The molecule has 5 nitrogen and oxygen atoms in total. The zero-order valence-electron chi connectivity index (χ0n) is 10.8. The summed E-state index contributed by atoms with van der Waals surface area (Å²) in [6.07, 6.45) is 3.12. The Labute approximate surface area is 112 Å². The molecule has 1 aromatic heterocycles. The Morgan fingerprint density at radius 2 is 1.89 bits per heavy atom. The number of benzene rings is 1. The fraction of sp³-hybridized carbons (Fsp3) is 0.308. The number of hydrogen-bond acceptors (Lipinski definition) is 4. The van der Waals surface area contributed by atoms with Gasteiger partial charge in [-0.3, -0.25) is 4.68 Å². The van der Waals surface area contributed by atoms with Gasteiger partial charge < -0.3 is 5.11 Å². The lowest BCUT2D eigenvalue weighted by molar-refractivity contribution is 0.115. The van der Waals surface area contributed by atoms with Gasteiger partial charge in [0.2, 0.25) is 0 Å². The van der Waals surface area contributed by atoms with Crippen molar-refractivity contribution in [2.45, 2.75) is 24.0 Å². The molecule has 0 spiro atoms. The van der Waals surface area contributed by atoms with Crippen LogP contribution >= 0.6 is 0 Å². The predicted molar refractivity (Wildman–Crippen MR) is 71.4 cm³/mol. The van der Waals surface area contributed by atoms with Crippen molar-refractivity contribution in [1.29, 1.82) is 0 Å². The molecule has 0 saturated carbocycles. The van der Waals surface area contributed by atoms with Gasteiger partial charge in [0.15, 0.2) is 9.84 Å². The highest BCUT2D eigenvalue weighted by atomic mass is 32.2. The molecule has 0 bridgehead atoms. The van der Waals surface area contributed by atoms with Crippen LogP contribution in [0.3, 0.4) is 0 Å². The lowest BCUT2D eigenvalue weighted by atomic mass is 10.0. The monoisotopic (exact) mass is 280 g/mol. The van der Waals surface area contributed by atoms with Crippen LogP contribution in [0.2, 0.25) is 0 Å². The Kier molecular flexibility index (Phi) is 3.73. The Morgan fingerprint density at radius 1 is 1.26 bits per heavy atom. The average molecular weight is 280 g/mol. The van der Waals surface area contributed by atoms with Crippen molar-refractivity contribution in [3.63, 3.8) is 0 Å². The Balaban J connectivity index is 2.25. The summed E-state index contributed by atoms with van der Waals surface area (Å²) in [6.45, 7) is 1.79. The van der Waals surface area contributed by atoms with Crippen molar-refractivity contribution in [1.82, 2.24) is 9.78 Å². The van der Waals surface area contributed by atoms with E-state index in [0.717, 1.165) is 11.8 Å². The fourth-order valence-corrected chi connectivity index (χ4v) is 2.35. The number of rotatable bonds is 4. The van der Waals surface area contributed by atoms with E-state index in [1.54, 1.807) is 6.92 Å². The molecule has 0 amide bonds. The Morgan fingerprint density at radius 3 is 2.42 bits per heavy atom. The van der Waals surface area contributed by atoms with Gasteiger partial charge in [-0.15, -0.1) is 0 Å². The number of nitrogens with zero attached hydrogens (tertiary/aromatic N) is 2. The largest absolute Gasteiger partial charge is 0.386 e. The molecule has 0 saturated heterocycles. The van der Waals surface area contributed by atoms with E-state index < -0.39 is 15.9 Å². The predicted octanol–water partition coefficient (Wildman–Crippen LogP) is 1.58. The lowest BCUT2D eigenvalue weighted by Gasteiger charge is -2.19. The van der Waals surface area contributed by atoms with Crippen LogP contribution in [0.15, 0.2) is 47.6 Å². The minimum absolute atomic E-state index is 0.152. The molecule has 0 aliphatic rings. The summed E-state index contributed by atoms with van der Waals surface area (Å²) in [4.78, 5) is 0.152. The SMILES string of the molecule is CC(C(O)c1ccccc1)n1cc(S(C)(=O)=O)cn1. The van der Waals surface area contributed by atoms with Gasteiger partial charge in [-0.1, -0.05) is 30.3 Å². The molecule has 19 heavy (non-hydrogen) atoms. The van der Waals surface area contributed by atoms with Crippen molar-refractivity contribution >= 4 is 9.84 Å². The van der Waals surface area contributed by atoms with Gasteiger partial charge in [0.25, 0.3) is 0 Å². The highest BCUT2D eigenvalue weighted by Crippen LogP contribution is 2.25. The molecular weight excluding hydrogens is 264 g/mol. The van der Waals surface area contributed by atoms with Gasteiger partial charge in [0, 0.05) is 12.5 Å². The van der Waals surface area contributed by atoms with Crippen LogP contribution in [0.5, 0.6) is 0 Å². The van der Waals surface area contributed by atoms with Crippen molar-refractivity contribution in [3.8, 4) is 0 Å². The van der Waals surface area contributed by atoms with E-state index in [4.69, 9.17) is 0 Å². The molecule has 0 fully saturated rings. The van der Waals surface area contributed by atoms with Crippen LogP contribution in [0.4, 0.5) is 0 Å². The number of aliphatic hydroxyl groups is 1. The second-order valence-electron chi connectivity index (χ2n) is 4.52. The molecule has 1 heterocycles. The van der Waals surface area contributed by atoms with E-state index in [9.17, 15) is 13.5 Å². The fourth-order valence-electron chi connectivity index (χ4n) is 1.81. The highest BCUT2D eigenvalue weighted by Gasteiger charge is 2.20. The van der Waals surface area contributed by atoms with Gasteiger partial charge in [-0.25, -0.2) is 8.42 Å². The topological polar surface area (TPSA) is 72.2 Å². The minimum atomic E-state index is -3.27. The van der Waals surface area contributed by atoms with E-state index in [0.29, 0.717) is 0 Å². The molecule has 6 heteroatoms. The molecule has 2 atom stereocenters. The summed E-state index contributed by atoms with van der Waals surface area (Å²) >= 11 is 0. The minimum Gasteiger partial charge on any atom is -0.386 e. The first-order valence-electron chi connectivity index (χ1n) is 5.87. The summed E-state index contributed by atoms with van der Waals surface area (Å²) in [7, 11) is -3.27. The van der Waals surface area contributed by atoms with Crippen LogP contribution in [0.25, 0.3) is 0 Å². The number of sulfone groups is 1. The first-order chi connectivity index (χ1) is 8.89. The molecule has 1 N–H and O–H groups in total. The van der Waals surface area contributed by atoms with Crippen molar-refractivity contribution < 1.29 is 13.5 Å². The summed E-state index contributed by atoms with van der Waals surface area (Å²) in [6, 6.07) is 8.85. The molecule has 1 aromatic carbocycles. The second kappa shape index (κ2) is 5.14. The first kappa shape index (κ1) is 13.8. The third kappa shape index (κ3) is 3.02. The molecule has 102 valence electrons. The third-order valence-electron chi connectivity index (χ3n) is 3.02. The summed E-state index contributed by atoms with van der Waals surface area (Å²) < 4.78 is 24.3. The molecule has 2 aromatic rings. The normalized spacial score (nSPS) is 15.1. The number of aliphatic hydroxyl groups excluding tert-OH is 1. The molecule has 0 aliphatic carbocycles. The number of hydrogen-bond donors (Lipinski definition) is 1. The Bertz CT molecular complexity index is 650. The lowest BCUT2D eigenvalue weighted by Crippen LogP contribution is -2.15. The highest BCUT2D eigenvalue weighted by molar-refractivity contribution is 7.90. The zero-order valence-corrected chi connectivity index (χ0v) is 11.6. The maximum atomic E-state index is 11.4. The van der Waals surface area contributed by atoms with Gasteiger partial charge in [0.05, 0.1) is 12.2 Å². The van der Waals surface area contributed by atoms with E-state index in [1.807, 2.05) is 30.3 Å². The molecule has 0 aliphatic heterocycles. The van der Waals surface area contributed by atoms with Crippen molar-refractivity contribution in [2.75, 3.05) is 6.26 Å². The van der Waals surface area contributed by atoms with Gasteiger partial charge in [-0.2, -0.15) is 5.10 Å².